The Kier molecular flexibility index (Phi) is 3.10. The first-order valence-electron chi connectivity index (χ1n) is 4.40. The smallest absolute Gasteiger partial charge is 0.258 e. The molecule has 6 heteroatoms. The molecule has 0 aliphatic rings. The SMILES string of the molecule is CCc1nn(C(C)C)c(Cl)c1[N+](=O)[O-]. The fourth-order valence-corrected chi connectivity index (χ4v) is 1.62. The van der Waals surface area contributed by atoms with E-state index in [0.717, 1.165) is 0 Å². The number of nitro groups is 1. The molecule has 0 fully saturated rings. The minimum absolute atomic E-state index is 0.0292. The van der Waals surface area contributed by atoms with E-state index in [2.05, 4.69) is 5.10 Å². The third kappa shape index (κ3) is 1.72. The third-order valence-electron chi connectivity index (χ3n) is 1.90. The van der Waals surface area contributed by atoms with Crippen LogP contribution >= 0.6 is 11.6 Å². The molecule has 0 saturated carbocycles. The van der Waals surface area contributed by atoms with E-state index in [4.69, 9.17) is 11.6 Å². The van der Waals surface area contributed by atoms with Crippen LogP contribution in [0.5, 0.6) is 0 Å². The van der Waals surface area contributed by atoms with Crippen LogP contribution in [0.4, 0.5) is 5.69 Å². The number of hydrogen-bond donors (Lipinski definition) is 0. The molecule has 0 aromatic carbocycles. The number of halogens is 1. The van der Waals surface area contributed by atoms with Gasteiger partial charge in [0.15, 0.2) is 0 Å². The molecule has 0 amide bonds. The van der Waals surface area contributed by atoms with Gasteiger partial charge in [-0.1, -0.05) is 18.5 Å². The topological polar surface area (TPSA) is 61.0 Å². The lowest BCUT2D eigenvalue weighted by atomic mass is 10.3. The Labute approximate surface area is 86.8 Å². The zero-order valence-corrected chi connectivity index (χ0v) is 9.08. The maximum atomic E-state index is 10.7. The summed E-state index contributed by atoms with van der Waals surface area (Å²) in [5, 5.41) is 14.9. The van der Waals surface area contributed by atoms with Crippen LogP contribution in [0.2, 0.25) is 5.15 Å². The van der Waals surface area contributed by atoms with Crippen LogP contribution in [0.25, 0.3) is 0 Å². The molecule has 0 N–H and O–H groups in total. The molecule has 5 nitrogen and oxygen atoms in total. The van der Waals surface area contributed by atoms with Crippen molar-refractivity contribution in [3.8, 4) is 0 Å². The van der Waals surface area contributed by atoms with Gasteiger partial charge in [0.25, 0.3) is 0 Å². The van der Waals surface area contributed by atoms with Gasteiger partial charge in [-0.2, -0.15) is 5.10 Å². The molecule has 0 saturated heterocycles. The highest BCUT2D eigenvalue weighted by Crippen LogP contribution is 2.30. The van der Waals surface area contributed by atoms with Crippen molar-refractivity contribution in [3.05, 3.63) is 21.0 Å². The summed E-state index contributed by atoms with van der Waals surface area (Å²) in [4.78, 5) is 10.2. The number of aryl methyl sites for hydroxylation is 1. The summed E-state index contributed by atoms with van der Waals surface area (Å²) in [5.74, 6) is 0. The minimum atomic E-state index is -0.479. The zero-order chi connectivity index (χ0) is 10.9. The summed E-state index contributed by atoms with van der Waals surface area (Å²) in [6, 6.07) is 0.0292. The standard InChI is InChI=1S/C8H12ClN3O2/c1-4-6-7(12(13)14)8(9)11(10-6)5(2)3/h5H,4H2,1-3H3. The molecule has 14 heavy (non-hydrogen) atoms. The summed E-state index contributed by atoms with van der Waals surface area (Å²) in [7, 11) is 0. The molecule has 0 aliphatic carbocycles. The molecule has 1 aromatic heterocycles. The molecule has 78 valence electrons. The van der Waals surface area contributed by atoms with Crippen molar-refractivity contribution < 1.29 is 4.92 Å². The predicted octanol–water partition coefficient (Wildman–Crippen LogP) is 2.59. The lowest BCUT2D eigenvalue weighted by molar-refractivity contribution is -0.385. The first kappa shape index (κ1) is 11.0. The van der Waals surface area contributed by atoms with Gasteiger partial charge in [0.05, 0.1) is 4.92 Å². The van der Waals surface area contributed by atoms with E-state index in [-0.39, 0.29) is 16.9 Å². The molecule has 0 spiro atoms. The largest absolute Gasteiger partial charge is 0.329 e. The van der Waals surface area contributed by atoms with Gasteiger partial charge < -0.3 is 0 Å². The summed E-state index contributed by atoms with van der Waals surface area (Å²) in [5.41, 5.74) is 0.372. The van der Waals surface area contributed by atoms with E-state index in [9.17, 15) is 10.1 Å². The summed E-state index contributed by atoms with van der Waals surface area (Å²) in [6.07, 6.45) is 0.510. The normalized spacial score (nSPS) is 10.9. The van der Waals surface area contributed by atoms with Gasteiger partial charge in [-0.05, 0) is 20.3 Å². The lowest BCUT2D eigenvalue weighted by Crippen LogP contribution is -2.03. The molecule has 1 heterocycles. The van der Waals surface area contributed by atoms with Crippen molar-refractivity contribution in [3.63, 3.8) is 0 Å². The Balaban J connectivity index is 3.33. The maximum Gasteiger partial charge on any atom is 0.329 e. The molecular formula is C8H12ClN3O2. The van der Waals surface area contributed by atoms with Gasteiger partial charge in [0.2, 0.25) is 5.15 Å². The van der Waals surface area contributed by atoms with Crippen LogP contribution in [0.3, 0.4) is 0 Å². The summed E-state index contributed by atoms with van der Waals surface area (Å²) >= 11 is 5.86. The second-order valence-corrected chi connectivity index (χ2v) is 3.59. The van der Waals surface area contributed by atoms with Gasteiger partial charge in [-0.25, -0.2) is 4.68 Å². The van der Waals surface area contributed by atoms with Gasteiger partial charge in [0, 0.05) is 6.04 Å². The van der Waals surface area contributed by atoms with E-state index < -0.39 is 4.92 Å². The number of rotatable bonds is 3. The van der Waals surface area contributed by atoms with Crippen molar-refractivity contribution in [1.29, 1.82) is 0 Å². The van der Waals surface area contributed by atoms with Crippen LogP contribution in [0, 0.1) is 10.1 Å². The third-order valence-corrected chi connectivity index (χ3v) is 2.26. The molecule has 1 aromatic rings. The highest BCUT2D eigenvalue weighted by atomic mass is 35.5. The fraction of sp³-hybridized carbons (Fsp3) is 0.625. The molecule has 0 bridgehead atoms. The van der Waals surface area contributed by atoms with Crippen LogP contribution in [-0.4, -0.2) is 14.7 Å². The monoisotopic (exact) mass is 217 g/mol. The van der Waals surface area contributed by atoms with Crippen molar-refractivity contribution in [2.24, 2.45) is 0 Å². The first-order valence-corrected chi connectivity index (χ1v) is 4.78. The maximum absolute atomic E-state index is 10.7. The number of hydrogen-bond acceptors (Lipinski definition) is 3. The van der Waals surface area contributed by atoms with Gasteiger partial charge in [-0.3, -0.25) is 10.1 Å². The number of nitrogens with zero attached hydrogens (tertiary/aromatic N) is 3. The summed E-state index contributed by atoms with van der Waals surface area (Å²) in [6.45, 7) is 5.57. The molecule has 0 atom stereocenters. The fourth-order valence-electron chi connectivity index (χ4n) is 1.21. The predicted molar refractivity (Wildman–Crippen MR) is 53.7 cm³/mol. The van der Waals surface area contributed by atoms with Crippen molar-refractivity contribution in [1.82, 2.24) is 9.78 Å². The molecule has 0 radical (unpaired) electrons. The van der Waals surface area contributed by atoms with Crippen LogP contribution in [0.15, 0.2) is 0 Å². The van der Waals surface area contributed by atoms with Gasteiger partial charge >= 0.3 is 5.69 Å². The van der Waals surface area contributed by atoms with Crippen molar-refractivity contribution >= 4 is 17.3 Å². The molecule has 1 rings (SSSR count). The van der Waals surface area contributed by atoms with E-state index in [1.165, 1.54) is 4.68 Å². The van der Waals surface area contributed by atoms with E-state index in [1.54, 1.807) is 0 Å². The van der Waals surface area contributed by atoms with Crippen LogP contribution < -0.4 is 0 Å². The van der Waals surface area contributed by atoms with Crippen molar-refractivity contribution in [2.75, 3.05) is 0 Å². The first-order chi connectivity index (χ1) is 6.49. The Morgan fingerprint density at radius 3 is 2.50 bits per heavy atom. The summed E-state index contributed by atoms with van der Waals surface area (Å²) < 4.78 is 1.47. The van der Waals surface area contributed by atoms with Crippen LogP contribution in [0.1, 0.15) is 32.5 Å². The zero-order valence-electron chi connectivity index (χ0n) is 8.32. The highest BCUT2D eigenvalue weighted by molar-refractivity contribution is 6.31. The van der Waals surface area contributed by atoms with Gasteiger partial charge in [-0.15, -0.1) is 0 Å². The molecular weight excluding hydrogens is 206 g/mol. The van der Waals surface area contributed by atoms with Crippen LogP contribution in [-0.2, 0) is 6.42 Å². The average Bonchev–Trinajstić information content (AvgIpc) is 2.42. The van der Waals surface area contributed by atoms with E-state index >= 15 is 0 Å². The molecule has 0 unspecified atom stereocenters. The lowest BCUT2D eigenvalue weighted by Gasteiger charge is -2.04. The van der Waals surface area contributed by atoms with Crippen molar-refractivity contribution in [2.45, 2.75) is 33.2 Å². The highest BCUT2D eigenvalue weighted by Gasteiger charge is 2.26. The average molecular weight is 218 g/mol. The van der Waals surface area contributed by atoms with Gasteiger partial charge in [0.1, 0.15) is 5.69 Å². The minimum Gasteiger partial charge on any atom is -0.258 e. The number of aromatic nitrogens is 2. The quantitative estimate of drug-likeness (QED) is 0.578. The van der Waals surface area contributed by atoms with E-state index in [1.807, 2.05) is 20.8 Å². The Hall–Kier alpha value is -1.10. The Bertz CT molecular complexity index is 360. The van der Waals surface area contributed by atoms with E-state index in [0.29, 0.717) is 12.1 Å². The second kappa shape index (κ2) is 3.96. The second-order valence-electron chi connectivity index (χ2n) is 3.24. The Morgan fingerprint density at radius 2 is 2.21 bits per heavy atom. The Morgan fingerprint density at radius 1 is 1.64 bits per heavy atom. The molecule has 0 aliphatic heterocycles.